The average Bonchev–Trinajstić information content (AvgIpc) is 3.37. The molecule has 2 aliphatic rings. The molecule has 5 rings (SSSR count). The number of furan rings is 1. The lowest BCUT2D eigenvalue weighted by Crippen LogP contribution is -2.38. The third kappa shape index (κ3) is 3.39. The fourth-order valence-corrected chi connectivity index (χ4v) is 5.59. The number of nitro groups is 1. The quantitative estimate of drug-likeness (QED) is 0.461. The molecule has 4 heterocycles. The normalized spacial score (nSPS) is 18.1. The highest BCUT2D eigenvalue weighted by Crippen LogP contribution is 2.41. The molecule has 2 aliphatic heterocycles. The molecular weight excluding hydrogens is 416 g/mol. The summed E-state index contributed by atoms with van der Waals surface area (Å²) in [6.07, 6.45) is 0.425. The molecule has 0 fully saturated rings. The van der Waals surface area contributed by atoms with Crippen LogP contribution in [0.1, 0.15) is 45.2 Å². The van der Waals surface area contributed by atoms with Gasteiger partial charge in [0.1, 0.15) is 16.5 Å². The van der Waals surface area contributed by atoms with Gasteiger partial charge in [0, 0.05) is 35.7 Å². The molecule has 31 heavy (non-hydrogen) atoms. The zero-order valence-corrected chi connectivity index (χ0v) is 18.0. The smallest absolute Gasteiger partial charge is 0.269 e. The topological polar surface area (TPSA) is 101 Å². The van der Waals surface area contributed by atoms with Gasteiger partial charge in [-0.05, 0) is 49.2 Å². The first-order valence-corrected chi connectivity index (χ1v) is 11.1. The summed E-state index contributed by atoms with van der Waals surface area (Å²) < 4.78 is 6.04. The van der Waals surface area contributed by atoms with Gasteiger partial charge in [0.15, 0.2) is 6.17 Å². The lowest BCUT2D eigenvalue weighted by molar-refractivity contribution is -0.384. The minimum absolute atomic E-state index is 0.0464. The Labute approximate surface area is 183 Å². The molecule has 9 heteroatoms. The number of rotatable bonds is 4. The largest absolute Gasteiger partial charge is 0.457 e. The Bertz CT molecular complexity index is 1200. The molecule has 0 unspecified atom stereocenters. The van der Waals surface area contributed by atoms with Crippen molar-refractivity contribution < 1.29 is 14.1 Å². The van der Waals surface area contributed by atoms with Gasteiger partial charge < -0.3 is 15.1 Å². The number of nitrogens with zero attached hydrogens (tertiary/aromatic N) is 2. The van der Waals surface area contributed by atoms with Crippen molar-refractivity contribution >= 4 is 27.9 Å². The molecule has 0 saturated carbocycles. The summed E-state index contributed by atoms with van der Waals surface area (Å²) in [5.74, 6) is 1.12. The van der Waals surface area contributed by atoms with Crippen molar-refractivity contribution in [1.29, 1.82) is 0 Å². The summed E-state index contributed by atoms with van der Waals surface area (Å²) >= 11 is 1.65. The third-order valence-electron chi connectivity index (χ3n) is 5.96. The molecule has 1 amide bonds. The van der Waals surface area contributed by atoms with Crippen LogP contribution in [0, 0.1) is 17.0 Å². The summed E-state index contributed by atoms with van der Waals surface area (Å²) in [6.45, 7) is 6.82. The Morgan fingerprint density at radius 3 is 2.87 bits per heavy atom. The van der Waals surface area contributed by atoms with Gasteiger partial charge in [-0.3, -0.25) is 19.8 Å². The Morgan fingerprint density at radius 2 is 2.13 bits per heavy atom. The highest BCUT2D eigenvalue weighted by molar-refractivity contribution is 7.16. The van der Waals surface area contributed by atoms with E-state index in [0.717, 1.165) is 53.3 Å². The van der Waals surface area contributed by atoms with E-state index in [2.05, 4.69) is 22.5 Å². The van der Waals surface area contributed by atoms with Crippen molar-refractivity contribution in [3.63, 3.8) is 0 Å². The van der Waals surface area contributed by atoms with Crippen LogP contribution < -0.4 is 10.6 Å². The van der Waals surface area contributed by atoms with Crippen molar-refractivity contribution in [2.45, 2.75) is 33.0 Å². The van der Waals surface area contributed by atoms with Gasteiger partial charge in [0.2, 0.25) is 0 Å². The van der Waals surface area contributed by atoms with Gasteiger partial charge in [-0.25, -0.2) is 0 Å². The van der Waals surface area contributed by atoms with Crippen LogP contribution in [0.4, 0.5) is 10.7 Å². The number of hydrogen-bond donors (Lipinski definition) is 2. The fourth-order valence-electron chi connectivity index (χ4n) is 4.27. The summed E-state index contributed by atoms with van der Waals surface area (Å²) in [4.78, 5) is 27.1. The van der Waals surface area contributed by atoms with E-state index in [1.54, 1.807) is 17.4 Å². The number of carbonyl (C=O) groups is 1. The van der Waals surface area contributed by atoms with Crippen LogP contribution in [0.5, 0.6) is 0 Å². The predicted octanol–water partition coefficient (Wildman–Crippen LogP) is 4.46. The Balaban J connectivity index is 1.41. The Morgan fingerprint density at radius 1 is 1.29 bits per heavy atom. The number of nitrogens with one attached hydrogen (secondary N) is 2. The van der Waals surface area contributed by atoms with Crippen LogP contribution in [0.25, 0.3) is 11.3 Å². The van der Waals surface area contributed by atoms with E-state index in [4.69, 9.17) is 4.42 Å². The van der Waals surface area contributed by atoms with Crippen molar-refractivity contribution in [1.82, 2.24) is 10.2 Å². The van der Waals surface area contributed by atoms with E-state index in [1.165, 1.54) is 17.0 Å². The van der Waals surface area contributed by atoms with Gasteiger partial charge in [-0.1, -0.05) is 6.92 Å². The second kappa shape index (κ2) is 7.51. The fraction of sp³-hybridized carbons (Fsp3) is 0.318. The maximum absolute atomic E-state index is 12.9. The average molecular weight is 439 g/mol. The minimum atomic E-state index is -0.463. The van der Waals surface area contributed by atoms with Crippen molar-refractivity contribution in [3.05, 3.63) is 67.8 Å². The Hall–Kier alpha value is -3.17. The standard InChI is InChI=1S/C22H22N4O4S/c1-3-25-9-8-15-18(11-25)31-22-19(15)21(27)23-20(24-22)17-7-6-16(30-17)14-5-4-13(26(28)29)10-12(14)2/h4-7,10,20,24H,3,8-9,11H2,1-2H3,(H,23,27)/t20-/m1/s1. The van der Waals surface area contributed by atoms with Crippen LogP contribution in [0.15, 0.2) is 34.7 Å². The number of likely N-dealkylation sites (N-methyl/N-ethyl adjacent to an activating group) is 1. The van der Waals surface area contributed by atoms with Crippen LogP contribution in [-0.2, 0) is 13.0 Å². The number of nitro benzene ring substituents is 1. The molecule has 0 radical (unpaired) electrons. The van der Waals surface area contributed by atoms with E-state index in [-0.39, 0.29) is 11.6 Å². The van der Waals surface area contributed by atoms with Gasteiger partial charge in [-0.2, -0.15) is 0 Å². The maximum Gasteiger partial charge on any atom is 0.269 e. The van der Waals surface area contributed by atoms with E-state index >= 15 is 0 Å². The summed E-state index contributed by atoms with van der Waals surface area (Å²) in [6, 6.07) is 8.33. The molecule has 3 aromatic rings. The second-order valence-corrected chi connectivity index (χ2v) is 8.94. The summed E-state index contributed by atoms with van der Waals surface area (Å²) in [5.41, 5.74) is 3.51. The molecule has 1 atom stereocenters. The number of benzene rings is 1. The number of carbonyl (C=O) groups excluding carboxylic acids is 1. The van der Waals surface area contributed by atoms with E-state index in [0.29, 0.717) is 11.5 Å². The molecular formula is C22H22N4O4S. The van der Waals surface area contributed by atoms with Crippen LogP contribution in [0.2, 0.25) is 0 Å². The van der Waals surface area contributed by atoms with Gasteiger partial charge in [0.05, 0.1) is 10.5 Å². The van der Waals surface area contributed by atoms with Crippen molar-refractivity contribution in [2.24, 2.45) is 0 Å². The SMILES string of the molecule is CCN1CCc2c(sc3c2C(=O)N[C@@H](c2ccc(-c4ccc([N+](=O)[O-])cc4C)o2)N3)C1. The molecule has 0 spiro atoms. The number of thiophene rings is 1. The van der Waals surface area contributed by atoms with Gasteiger partial charge in [-0.15, -0.1) is 11.3 Å². The van der Waals surface area contributed by atoms with Crippen LogP contribution in [-0.4, -0.2) is 28.8 Å². The lowest BCUT2D eigenvalue weighted by atomic mass is 10.0. The minimum Gasteiger partial charge on any atom is -0.457 e. The van der Waals surface area contributed by atoms with Gasteiger partial charge in [0.25, 0.3) is 11.6 Å². The number of amides is 1. The van der Waals surface area contributed by atoms with Crippen molar-refractivity contribution in [2.75, 3.05) is 18.4 Å². The first-order chi connectivity index (χ1) is 14.9. The molecule has 1 aromatic carbocycles. The van der Waals surface area contributed by atoms with E-state index < -0.39 is 11.1 Å². The highest BCUT2D eigenvalue weighted by atomic mass is 32.1. The van der Waals surface area contributed by atoms with Crippen molar-refractivity contribution in [3.8, 4) is 11.3 Å². The summed E-state index contributed by atoms with van der Waals surface area (Å²) in [7, 11) is 0. The molecule has 2 aromatic heterocycles. The van der Waals surface area contributed by atoms with Crippen LogP contribution >= 0.6 is 11.3 Å². The molecule has 0 bridgehead atoms. The van der Waals surface area contributed by atoms with E-state index in [9.17, 15) is 14.9 Å². The molecule has 0 aliphatic carbocycles. The second-order valence-electron chi connectivity index (χ2n) is 7.84. The zero-order chi connectivity index (χ0) is 21.7. The Kier molecular flexibility index (Phi) is 4.79. The molecule has 160 valence electrons. The number of aryl methyl sites for hydroxylation is 1. The molecule has 0 saturated heterocycles. The number of non-ortho nitro benzene ring substituents is 1. The first kappa shape index (κ1) is 19.8. The number of anilines is 1. The number of fused-ring (bicyclic) bond motifs is 3. The third-order valence-corrected chi connectivity index (χ3v) is 7.11. The van der Waals surface area contributed by atoms with Crippen LogP contribution in [0.3, 0.4) is 0 Å². The number of hydrogen-bond acceptors (Lipinski definition) is 7. The monoisotopic (exact) mass is 438 g/mol. The molecule has 2 N–H and O–H groups in total. The first-order valence-electron chi connectivity index (χ1n) is 10.2. The van der Waals surface area contributed by atoms with E-state index in [1.807, 2.05) is 19.1 Å². The van der Waals surface area contributed by atoms with Gasteiger partial charge >= 0.3 is 0 Å². The highest BCUT2D eigenvalue weighted by Gasteiger charge is 2.34. The predicted molar refractivity (Wildman–Crippen MR) is 118 cm³/mol. The maximum atomic E-state index is 12.9. The zero-order valence-electron chi connectivity index (χ0n) is 17.2. The molecule has 8 nitrogen and oxygen atoms in total. The lowest BCUT2D eigenvalue weighted by Gasteiger charge is -2.27. The summed E-state index contributed by atoms with van der Waals surface area (Å²) in [5, 5.41) is 18.3.